The van der Waals surface area contributed by atoms with Crippen molar-refractivity contribution < 1.29 is 4.79 Å². The van der Waals surface area contributed by atoms with Gasteiger partial charge in [-0.25, -0.2) is 9.97 Å². The number of benzene rings is 1. The minimum atomic E-state index is -0.0779. The van der Waals surface area contributed by atoms with E-state index in [1.165, 1.54) is 16.9 Å². The molecule has 1 N–H and O–H groups in total. The number of nitrogens with one attached hydrogen (secondary N) is 1. The van der Waals surface area contributed by atoms with E-state index in [0.29, 0.717) is 5.13 Å². The highest BCUT2D eigenvalue weighted by Gasteiger charge is 2.10. The minimum absolute atomic E-state index is 0.0779. The van der Waals surface area contributed by atoms with Crippen LogP contribution in [0.25, 0.3) is 0 Å². The van der Waals surface area contributed by atoms with Crippen molar-refractivity contribution in [3.8, 4) is 0 Å². The molecule has 0 spiro atoms. The molecule has 0 aliphatic rings. The second-order valence-electron chi connectivity index (χ2n) is 4.90. The summed E-state index contributed by atoms with van der Waals surface area (Å²) in [6.45, 7) is 1.96. The van der Waals surface area contributed by atoms with Gasteiger partial charge in [0.25, 0.3) is 0 Å². The fraction of sp³-hybridized carbons (Fsp3) is 0.188. The van der Waals surface area contributed by atoms with Crippen LogP contribution >= 0.6 is 22.7 Å². The lowest BCUT2D eigenvalue weighted by Crippen LogP contribution is -2.14. The predicted octanol–water partition coefficient (Wildman–Crippen LogP) is 3.68. The molecule has 0 radical (unpaired) electrons. The smallest absolute Gasteiger partial charge is 0.232 e. The minimum Gasteiger partial charge on any atom is -0.302 e. The zero-order chi connectivity index (χ0) is 15.4. The van der Waals surface area contributed by atoms with Crippen LogP contribution in [0.1, 0.15) is 21.1 Å². The van der Waals surface area contributed by atoms with E-state index in [1.807, 2.05) is 30.5 Å². The quantitative estimate of drug-likeness (QED) is 0.777. The summed E-state index contributed by atoms with van der Waals surface area (Å²) in [5, 5.41) is 6.42. The highest BCUT2D eigenvalue weighted by Crippen LogP contribution is 2.18. The summed E-state index contributed by atoms with van der Waals surface area (Å²) in [7, 11) is 0. The van der Waals surface area contributed by atoms with Crippen molar-refractivity contribution in [2.75, 3.05) is 5.32 Å². The van der Waals surface area contributed by atoms with Crippen LogP contribution in [0.15, 0.2) is 41.9 Å². The van der Waals surface area contributed by atoms with Crippen molar-refractivity contribution in [1.82, 2.24) is 9.97 Å². The normalized spacial score (nSPS) is 10.6. The largest absolute Gasteiger partial charge is 0.302 e. The van der Waals surface area contributed by atoms with Gasteiger partial charge in [-0.15, -0.1) is 22.7 Å². The topological polar surface area (TPSA) is 54.9 Å². The van der Waals surface area contributed by atoms with Crippen molar-refractivity contribution in [2.45, 2.75) is 19.8 Å². The SMILES string of the molecule is Cc1cnc(NC(=O)Cc2csc(Cc3ccccc3)n2)s1. The zero-order valence-electron chi connectivity index (χ0n) is 12.1. The highest BCUT2D eigenvalue weighted by atomic mass is 32.1. The first-order valence-corrected chi connectivity index (χ1v) is 8.58. The van der Waals surface area contributed by atoms with Crippen molar-refractivity contribution in [3.63, 3.8) is 0 Å². The molecule has 112 valence electrons. The van der Waals surface area contributed by atoms with E-state index in [4.69, 9.17) is 0 Å². The Balaban J connectivity index is 1.58. The monoisotopic (exact) mass is 329 g/mol. The highest BCUT2D eigenvalue weighted by molar-refractivity contribution is 7.15. The van der Waals surface area contributed by atoms with Gasteiger partial charge < -0.3 is 5.32 Å². The summed E-state index contributed by atoms with van der Waals surface area (Å²) in [6.07, 6.45) is 2.84. The summed E-state index contributed by atoms with van der Waals surface area (Å²) >= 11 is 3.07. The molecule has 0 saturated heterocycles. The van der Waals surface area contributed by atoms with E-state index in [2.05, 4.69) is 27.4 Å². The molecule has 22 heavy (non-hydrogen) atoms. The maximum Gasteiger partial charge on any atom is 0.232 e. The number of hydrogen-bond acceptors (Lipinski definition) is 5. The second-order valence-corrected chi connectivity index (χ2v) is 7.07. The van der Waals surface area contributed by atoms with Crippen LogP contribution in [-0.4, -0.2) is 15.9 Å². The Morgan fingerprint density at radius 2 is 2.09 bits per heavy atom. The average molecular weight is 329 g/mol. The number of carbonyl (C=O) groups is 1. The molecule has 0 bridgehead atoms. The van der Waals surface area contributed by atoms with E-state index in [0.717, 1.165) is 22.0 Å². The third kappa shape index (κ3) is 3.99. The Hall–Kier alpha value is -2.05. The molecule has 6 heteroatoms. The predicted molar refractivity (Wildman–Crippen MR) is 90.5 cm³/mol. The zero-order valence-corrected chi connectivity index (χ0v) is 13.7. The van der Waals surface area contributed by atoms with E-state index in [1.54, 1.807) is 17.5 Å². The molecular weight excluding hydrogens is 314 g/mol. The number of rotatable bonds is 5. The number of anilines is 1. The van der Waals surface area contributed by atoms with Crippen LogP contribution in [0.5, 0.6) is 0 Å². The molecule has 1 amide bonds. The molecule has 0 unspecified atom stereocenters. The van der Waals surface area contributed by atoms with Crippen LogP contribution in [0.4, 0.5) is 5.13 Å². The van der Waals surface area contributed by atoms with Gasteiger partial charge in [0.2, 0.25) is 5.91 Å². The lowest BCUT2D eigenvalue weighted by Gasteiger charge is -1.99. The summed E-state index contributed by atoms with van der Waals surface area (Å²) in [5.74, 6) is -0.0779. The third-order valence-corrected chi connectivity index (χ3v) is 4.73. The number of carbonyl (C=O) groups excluding carboxylic acids is 1. The number of aromatic nitrogens is 2. The fourth-order valence-electron chi connectivity index (χ4n) is 2.02. The molecule has 0 atom stereocenters. The van der Waals surface area contributed by atoms with Crippen molar-refractivity contribution in [1.29, 1.82) is 0 Å². The van der Waals surface area contributed by atoms with Gasteiger partial charge >= 0.3 is 0 Å². The summed E-state index contributed by atoms with van der Waals surface area (Å²) in [5.41, 5.74) is 2.04. The Morgan fingerprint density at radius 1 is 1.27 bits per heavy atom. The molecule has 2 aromatic heterocycles. The van der Waals surface area contributed by atoms with E-state index < -0.39 is 0 Å². The van der Waals surface area contributed by atoms with Crippen molar-refractivity contribution in [2.24, 2.45) is 0 Å². The number of amides is 1. The lowest BCUT2D eigenvalue weighted by molar-refractivity contribution is -0.115. The Bertz CT molecular complexity index is 765. The lowest BCUT2D eigenvalue weighted by atomic mass is 10.2. The molecular formula is C16H15N3OS2. The second kappa shape index (κ2) is 6.81. The molecule has 0 aliphatic heterocycles. The van der Waals surface area contributed by atoms with Gasteiger partial charge in [0.15, 0.2) is 5.13 Å². The van der Waals surface area contributed by atoms with E-state index in [9.17, 15) is 4.79 Å². The molecule has 0 fully saturated rings. The van der Waals surface area contributed by atoms with Gasteiger partial charge in [-0.2, -0.15) is 0 Å². The van der Waals surface area contributed by atoms with Gasteiger partial charge in [-0.3, -0.25) is 4.79 Å². The average Bonchev–Trinajstić information content (AvgIpc) is 3.09. The van der Waals surface area contributed by atoms with Gasteiger partial charge in [0, 0.05) is 22.9 Å². The molecule has 0 saturated carbocycles. The first-order chi connectivity index (χ1) is 10.7. The van der Waals surface area contributed by atoms with Gasteiger partial charge in [0.1, 0.15) is 0 Å². The summed E-state index contributed by atoms with van der Waals surface area (Å²) in [4.78, 5) is 21.7. The molecule has 3 aromatic rings. The Labute approximate surface area is 136 Å². The Morgan fingerprint density at radius 3 is 2.82 bits per heavy atom. The van der Waals surface area contributed by atoms with Gasteiger partial charge in [0.05, 0.1) is 17.1 Å². The number of hydrogen-bond donors (Lipinski definition) is 1. The third-order valence-electron chi connectivity index (χ3n) is 3.01. The van der Waals surface area contributed by atoms with Crippen molar-refractivity contribution in [3.05, 3.63) is 63.1 Å². The van der Waals surface area contributed by atoms with Crippen LogP contribution in [0.2, 0.25) is 0 Å². The molecule has 2 heterocycles. The molecule has 1 aromatic carbocycles. The van der Waals surface area contributed by atoms with E-state index >= 15 is 0 Å². The van der Waals surface area contributed by atoms with Crippen LogP contribution < -0.4 is 5.32 Å². The molecule has 3 rings (SSSR count). The van der Waals surface area contributed by atoms with Gasteiger partial charge in [-0.1, -0.05) is 30.3 Å². The van der Waals surface area contributed by atoms with Gasteiger partial charge in [-0.05, 0) is 12.5 Å². The maximum absolute atomic E-state index is 12.0. The summed E-state index contributed by atoms with van der Waals surface area (Å²) < 4.78 is 0. The fourth-order valence-corrected chi connectivity index (χ4v) is 3.53. The van der Waals surface area contributed by atoms with Crippen LogP contribution in [0, 0.1) is 6.92 Å². The van der Waals surface area contributed by atoms with Crippen molar-refractivity contribution >= 4 is 33.7 Å². The number of thiazole rings is 2. The molecule has 0 aliphatic carbocycles. The van der Waals surface area contributed by atoms with Crippen LogP contribution in [-0.2, 0) is 17.6 Å². The Kier molecular flexibility index (Phi) is 4.60. The standard InChI is InChI=1S/C16H15N3OS2/c1-11-9-17-16(22-11)19-14(20)8-13-10-21-15(18-13)7-12-5-3-2-4-6-12/h2-6,9-10H,7-8H2,1H3,(H,17,19,20). The van der Waals surface area contributed by atoms with E-state index in [-0.39, 0.29) is 12.3 Å². The first-order valence-electron chi connectivity index (χ1n) is 6.88. The number of nitrogens with zero attached hydrogens (tertiary/aromatic N) is 2. The number of aryl methyl sites for hydroxylation is 1. The first kappa shape index (κ1) is 14.9. The molecule has 4 nitrogen and oxygen atoms in total. The maximum atomic E-state index is 12.0. The van der Waals surface area contributed by atoms with Crippen LogP contribution in [0.3, 0.4) is 0 Å². The summed E-state index contributed by atoms with van der Waals surface area (Å²) in [6, 6.07) is 10.2.